The predicted octanol–water partition coefficient (Wildman–Crippen LogP) is 1.49. The first-order valence-electron chi connectivity index (χ1n) is 5.96. The fourth-order valence-electron chi connectivity index (χ4n) is 1.71. The highest BCUT2D eigenvalue weighted by molar-refractivity contribution is 5.66. The van der Waals surface area contributed by atoms with Crippen LogP contribution in [0.1, 0.15) is 0 Å². The van der Waals surface area contributed by atoms with Gasteiger partial charge in [0.25, 0.3) is 5.89 Å². The molecule has 8 nitrogen and oxygen atoms in total. The number of nitrogens with two attached hydrogens (primary N) is 1. The molecule has 2 heterocycles. The Kier molecular flexibility index (Phi) is 3.11. The molecule has 0 aliphatic carbocycles. The predicted molar refractivity (Wildman–Crippen MR) is 73.4 cm³/mol. The Labute approximate surface area is 119 Å². The summed E-state index contributed by atoms with van der Waals surface area (Å²) in [5, 5.41) is 13.3. The molecule has 0 amide bonds. The van der Waals surface area contributed by atoms with Gasteiger partial charge in [-0.05, 0) is 18.2 Å². The number of aromatic nitrogens is 4. The van der Waals surface area contributed by atoms with Gasteiger partial charge in [0.1, 0.15) is 17.8 Å². The number of rotatable bonds is 3. The van der Waals surface area contributed by atoms with Crippen LogP contribution in [-0.4, -0.2) is 32.3 Å². The zero-order chi connectivity index (χ0) is 14.8. The molecule has 0 spiro atoms. The Bertz CT molecular complexity index is 787. The Morgan fingerprint density at radius 1 is 1.24 bits per heavy atom. The van der Waals surface area contributed by atoms with Gasteiger partial charge < -0.3 is 20.1 Å². The van der Waals surface area contributed by atoms with Crippen molar-refractivity contribution in [1.82, 2.24) is 20.1 Å². The SMILES string of the molecule is COc1cc(-c2noc(-c3ccc(O)c(N)c3)n2)ncn1. The van der Waals surface area contributed by atoms with E-state index in [0.29, 0.717) is 23.0 Å². The molecular formula is C13H11N5O3. The molecule has 0 aliphatic rings. The van der Waals surface area contributed by atoms with Crippen LogP contribution in [0.2, 0.25) is 0 Å². The first-order valence-corrected chi connectivity index (χ1v) is 5.96. The average molecular weight is 285 g/mol. The number of nitrogens with zero attached hydrogens (tertiary/aromatic N) is 4. The summed E-state index contributed by atoms with van der Waals surface area (Å²) in [5.74, 6) is 0.978. The third-order valence-electron chi connectivity index (χ3n) is 2.78. The van der Waals surface area contributed by atoms with E-state index in [1.165, 1.54) is 19.5 Å². The molecule has 0 saturated heterocycles. The van der Waals surface area contributed by atoms with Crippen molar-refractivity contribution in [1.29, 1.82) is 0 Å². The molecule has 0 unspecified atom stereocenters. The number of phenols is 1. The Balaban J connectivity index is 1.97. The van der Waals surface area contributed by atoms with Gasteiger partial charge >= 0.3 is 0 Å². The molecule has 0 aliphatic heterocycles. The van der Waals surface area contributed by atoms with E-state index < -0.39 is 0 Å². The largest absolute Gasteiger partial charge is 0.506 e. The maximum absolute atomic E-state index is 9.41. The molecule has 0 saturated carbocycles. The van der Waals surface area contributed by atoms with Crippen LogP contribution in [0.5, 0.6) is 11.6 Å². The van der Waals surface area contributed by atoms with E-state index in [4.69, 9.17) is 15.0 Å². The second-order valence-corrected chi connectivity index (χ2v) is 4.14. The maximum atomic E-state index is 9.41. The minimum atomic E-state index is -0.000902. The molecule has 3 aromatic rings. The standard InChI is InChI=1S/C13H11N5O3/c1-20-11-5-9(15-6-16-11)12-17-13(21-18-12)7-2-3-10(19)8(14)4-7/h2-6,19H,14H2,1H3. The van der Waals surface area contributed by atoms with Crippen molar-refractivity contribution in [3.63, 3.8) is 0 Å². The number of methoxy groups -OCH3 is 1. The Hall–Kier alpha value is -3.16. The minimum absolute atomic E-state index is 0.000902. The smallest absolute Gasteiger partial charge is 0.258 e. The third kappa shape index (κ3) is 2.46. The van der Waals surface area contributed by atoms with E-state index in [9.17, 15) is 5.11 Å². The summed E-state index contributed by atoms with van der Waals surface area (Å²) >= 11 is 0. The van der Waals surface area contributed by atoms with Crippen LogP contribution >= 0.6 is 0 Å². The third-order valence-corrected chi connectivity index (χ3v) is 2.78. The quantitative estimate of drug-likeness (QED) is 0.548. The number of benzene rings is 1. The van der Waals surface area contributed by atoms with Crippen LogP contribution < -0.4 is 10.5 Å². The summed E-state index contributed by atoms with van der Waals surface area (Å²) in [6.45, 7) is 0. The van der Waals surface area contributed by atoms with Gasteiger partial charge in [-0.2, -0.15) is 4.98 Å². The van der Waals surface area contributed by atoms with Crippen LogP contribution in [0.3, 0.4) is 0 Å². The lowest BCUT2D eigenvalue weighted by Gasteiger charge is -1.99. The van der Waals surface area contributed by atoms with Crippen molar-refractivity contribution < 1.29 is 14.4 Å². The van der Waals surface area contributed by atoms with Crippen molar-refractivity contribution in [2.75, 3.05) is 12.8 Å². The fraction of sp³-hybridized carbons (Fsp3) is 0.0769. The van der Waals surface area contributed by atoms with Gasteiger partial charge in [-0.1, -0.05) is 5.16 Å². The van der Waals surface area contributed by atoms with Gasteiger partial charge in [0.15, 0.2) is 0 Å². The molecule has 2 aromatic heterocycles. The Morgan fingerprint density at radius 2 is 2.10 bits per heavy atom. The zero-order valence-electron chi connectivity index (χ0n) is 11.0. The van der Waals surface area contributed by atoms with Crippen molar-refractivity contribution >= 4 is 5.69 Å². The topological polar surface area (TPSA) is 120 Å². The highest BCUT2D eigenvalue weighted by atomic mass is 16.5. The second kappa shape index (κ2) is 5.08. The monoisotopic (exact) mass is 285 g/mol. The summed E-state index contributed by atoms with van der Waals surface area (Å²) in [6, 6.07) is 6.23. The molecule has 0 atom stereocenters. The van der Waals surface area contributed by atoms with E-state index in [-0.39, 0.29) is 17.3 Å². The lowest BCUT2D eigenvalue weighted by atomic mass is 10.2. The van der Waals surface area contributed by atoms with Crippen molar-refractivity contribution in [2.45, 2.75) is 0 Å². The molecule has 1 aromatic carbocycles. The highest BCUT2D eigenvalue weighted by Crippen LogP contribution is 2.27. The summed E-state index contributed by atoms with van der Waals surface area (Å²) in [6.07, 6.45) is 1.35. The molecule has 3 N–H and O–H groups in total. The summed E-state index contributed by atoms with van der Waals surface area (Å²) in [4.78, 5) is 12.2. The maximum Gasteiger partial charge on any atom is 0.258 e. The first kappa shape index (κ1) is 12.9. The van der Waals surface area contributed by atoms with Gasteiger partial charge in [-0.3, -0.25) is 0 Å². The number of hydrogen-bond donors (Lipinski definition) is 2. The molecule has 106 valence electrons. The van der Waals surface area contributed by atoms with Crippen LogP contribution in [0.4, 0.5) is 5.69 Å². The second-order valence-electron chi connectivity index (χ2n) is 4.14. The zero-order valence-corrected chi connectivity index (χ0v) is 11.0. The van der Waals surface area contributed by atoms with Crippen LogP contribution in [0.25, 0.3) is 23.0 Å². The molecular weight excluding hydrogens is 274 g/mol. The number of aromatic hydroxyl groups is 1. The van der Waals surface area contributed by atoms with Gasteiger partial charge in [-0.15, -0.1) is 0 Å². The summed E-state index contributed by atoms with van der Waals surface area (Å²) in [7, 11) is 1.51. The van der Waals surface area contributed by atoms with Crippen molar-refractivity contribution in [2.24, 2.45) is 0 Å². The molecule has 0 bridgehead atoms. The molecule has 8 heteroatoms. The molecule has 0 fully saturated rings. The van der Waals surface area contributed by atoms with Crippen LogP contribution in [0, 0.1) is 0 Å². The molecule has 3 rings (SSSR count). The fourth-order valence-corrected chi connectivity index (χ4v) is 1.71. The number of nitrogen functional groups attached to an aromatic ring is 1. The van der Waals surface area contributed by atoms with Crippen molar-refractivity contribution in [3.8, 4) is 34.6 Å². The summed E-state index contributed by atoms with van der Waals surface area (Å²) in [5.41, 5.74) is 6.95. The van der Waals surface area contributed by atoms with Gasteiger partial charge in [0.2, 0.25) is 11.7 Å². The lowest BCUT2D eigenvalue weighted by molar-refractivity contribution is 0.397. The van der Waals surface area contributed by atoms with Crippen molar-refractivity contribution in [3.05, 3.63) is 30.6 Å². The number of phenolic OH excluding ortho intramolecular Hbond substituents is 1. The highest BCUT2D eigenvalue weighted by Gasteiger charge is 2.13. The number of ether oxygens (including phenoxy) is 1. The number of anilines is 1. The van der Waals surface area contributed by atoms with E-state index in [1.54, 1.807) is 18.2 Å². The summed E-state index contributed by atoms with van der Waals surface area (Å²) < 4.78 is 10.2. The normalized spacial score (nSPS) is 10.5. The van der Waals surface area contributed by atoms with Crippen LogP contribution in [-0.2, 0) is 0 Å². The Morgan fingerprint density at radius 3 is 2.86 bits per heavy atom. The van der Waals surface area contributed by atoms with Gasteiger partial charge in [0, 0.05) is 11.6 Å². The van der Waals surface area contributed by atoms with E-state index in [0.717, 1.165) is 0 Å². The average Bonchev–Trinajstić information content (AvgIpc) is 3.00. The first-order chi connectivity index (χ1) is 10.2. The van der Waals surface area contributed by atoms with Crippen LogP contribution in [0.15, 0.2) is 35.1 Å². The molecule has 21 heavy (non-hydrogen) atoms. The number of hydrogen-bond acceptors (Lipinski definition) is 8. The van der Waals surface area contributed by atoms with E-state index >= 15 is 0 Å². The van der Waals surface area contributed by atoms with E-state index in [2.05, 4.69) is 20.1 Å². The van der Waals surface area contributed by atoms with Gasteiger partial charge in [0.05, 0.1) is 12.8 Å². The van der Waals surface area contributed by atoms with E-state index in [1.807, 2.05) is 0 Å². The molecule has 0 radical (unpaired) electrons. The lowest BCUT2D eigenvalue weighted by Crippen LogP contribution is -1.92. The minimum Gasteiger partial charge on any atom is -0.506 e. The van der Waals surface area contributed by atoms with Gasteiger partial charge in [-0.25, -0.2) is 9.97 Å².